The zero-order valence-corrected chi connectivity index (χ0v) is 16.1. The molecule has 2 aromatic heterocycles. The summed E-state index contributed by atoms with van der Waals surface area (Å²) >= 11 is 0. The van der Waals surface area contributed by atoms with E-state index in [1.54, 1.807) is 24.1 Å². The second-order valence-electron chi connectivity index (χ2n) is 7.01. The van der Waals surface area contributed by atoms with Gasteiger partial charge in [0.2, 0.25) is 5.78 Å². The van der Waals surface area contributed by atoms with Crippen LogP contribution in [0.2, 0.25) is 0 Å². The van der Waals surface area contributed by atoms with Crippen LogP contribution >= 0.6 is 0 Å². The lowest BCUT2D eigenvalue weighted by molar-refractivity contribution is 0.101. The Morgan fingerprint density at radius 2 is 2.07 bits per heavy atom. The molecule has 1 aliphatic rings. The van der Waals surface area contributed by atoms with Crippen molar-refractivity contribution in [3.05, 3.63) is 59.6 Å². The van der Waals surface area contributed by atoms with Gasteiger partial charge in [0, 0.05) is 47.4 Å². The van der Waals surface area contributed by atoms with E-state index in [-0.39, 0.29) is 28.6 Å². The van der Waals surface area contributed by atoms with Crippen LogP contribution < -0.4 is 9.47 Å². The quantitative estimate of drug-likeness (QED) is 0.451. The monoisotopic (exact) mass is 403 g/mol. The molecule has 150 valence electrons. The van der Waals surface area contributed by atoms with Crippen LogP contribution in [0.15, 0.2) is 48.5 Å². The van der Waals surface area contributed by atoms with E-state index in [0.717, 1.165) is 33.8 Å². The third-order valence-electron chi connectivity index (χ3n) is 5.05. The number of fused-ring (bicyclic) bond motifs is 2. The lowest BCUT2D eigenvalue weighted by atomic mass is 10.0. The summed E-state index contributed by atoms with van der Waals surface area (Å²) in [4.78, 5) is 16.2. The number of aromatic amines is 1. The maximum atomic E-state index is 12.9. The van der Waals surface area contributed by atoms with E-state index in [2.05, 4.69) is 10.1 Å². The van der Waals surface area contributed by atoms with Crippen molar-refractivity contribution in [2.24, 2.45) is 7.05 Å². The van der Waals surface area contributed by atoms with Gasteiger partial charge in [-0.15, -0.1) is 0 Å². The number of hydrogen-bond acceptors (Lipinski definition) is 6. The van der Waals surface area contributed by atoms with E-state index in [0.29, 0.717) is 5.75 Å². The smallest absolute Gasteiger partial charge is 0.235 e. The molecule has 5 rings (SSSR count). The topological polar surface area (TPSA) is 110 Å². The van der Waals surface area contributed by atoms with Gasteiger partial charge in [-0.2, -0.15) is 5.10 Å². The summed E-state index contributed by atoms with van der Waals surface area (Å²) in [5.74, 6) is -0.149. The molecule has 0 aliphatic carbocycles. The zero-order chi connectivity index (χ0) is 21.0. The Kier molecular flexibility index (Phi) is 3.82. The van der Waals surface area contributed by atoms with Crippen molar-refractivity contribution in [1.82, 2.24) is 14.8 Å². The van der Waals surface area contributed by atoms with Crippen molar-refractivity contribution in [3.8, 4) is 34.3 Å². The standard InChI is InChI=1S/C22H17N3O5/c1-25-10-11(9-23-25)21-15(14-7-13(29-2)3-4-16(14)24-21)8-19-22(28)20-17(27)5-12(26)6-18(20)30-19/h3-10,24,26-27H,1-2H3/b19-8-. The normalized spacial score (nSPS) is 14.3. The molecule has 0 unspecified atom stereocenters. The van der Waals surface area contributed by atoms with Gasteiger partial charge in [0.15, 0.2) is 5.76 Å². The highest BCUT2D eigenvalue weighted by atomic mass is 16.5. The van der Waals surface area contributed by atoms with Crippen molar-refractivity contribution >= 4 is 22.8 Å². The number of rotatable bonds is 3. The molecule has 0 amide bonds. The van der Waals surface area contributed by atoms with E-state index in [1.165, 1.54) is 6.07 Å². The largest absolute Gasteiger partial charge is 0.508 e. The number of nitrogens with one attached hydrogen (secondary N) is 1. The second kappa shape index (κ2) is 6.41. The third kappa shape index (κ3) is 2.69. The first-order valence-corrected chi connectivity index (χ1v) is 9.13. The molecule has 0 radical (unpaired) electrons. The van der Waals surface area contributed by atoms with Crippen LogP contribution in [0, 0.1) is 0 Å². The van der Waals surface area contributed by atoms with E-state index in [9.17, 15) is 15.0 Å². The average Bonchev–Trinajstić information content (AvgIpc) is 3.38. The highest BCUT2D eigenvalue weighted by molar-refractivity contribution is 6.17. The van der Waals surface area contributed by atoms with Crippen molar-refractivity contribution in [2.75, 3.05) is 7.11 Å². The van der Waals surface area contributed by atoms with Gasteiger partial charge in [0.1, 0.15) is 28.6 Å². The van der Waals surface area contributed by atoms with Gasteiger partial charge in [-0.25, -0.2) is 0 Å². The number of phenolic OH excluding ortho intramolecular Hbond substituents is 2. The van der Waals surface area contributed by atoms with E-state index in [4.69, 9.17) is 9.47 Å². The second-order valence-corrected chi connectivity index (χ2v) is 7.01. The fourth-order valence-corrected chi connectivity index (χ4v) is 3.66. The first-order valence-electron chi connectivity index (χ1n) is 9.13. The Bertz CT molecular complexity index is 1360. The number of aromatic hydroxyl groups is 2. The number of ether oxygens (including phenoxy) is 2. The first kappa shape index (κ1) is 17.9. The Hall–Kier alpha value is -4.20. The molecule has 0 saturated carbocycles. The van der Waals surface area contributed by atoms with Gasteiger partial charge >= 0.3 is 0 Å². The van der Waals surface area contributed by atoms with E-state index in [1.807, 2.05) is 31.4 Å². The van der Waals surface area contributed by atoms with Crippen LogP contribution in [-0.2, 0) is 7.05 Å². The maximum absolute atomic E-state index is 12.9. The molecule has 0 saturated heterocycles. The molecule has 0 atom stereocenters. The van der Waals surface area contributed by atoms with Crippen LogP contribution in [0.1, 0.15) is 15.9 Å². The molecule has 8 nitrogen and oxygen atoms in total. The summed E-state index contributed by atoms with van der Waals surface area (Å²) in [7, 11) is 3.41. The summed E-state index contributed by atoms with van der Waals surface area (Å²) in [6.45, 7) is 0. The number of nitrogens with zero attached hydrogens (tertiary/aromatic N) is 2. The SMILES string of the molecule is COc1ccc2[nH]c(-c3cnn(C)c3)c(/C=C3\Oc4cc(O)cc(O)c4C3=O)c2c1. The fraction of sp³-hybridized carbons (Fsp3) is 0.0909. The minimum Gasteiger partial charge on any atom is -0.508 e. The molecule has 4 aromatic rings. The van der Waals surface area contributed by atoms with E-state index < -0.39 is 5.78 Å². The molecular weight excluding hydrogens is 386 g/mol. The number of aryl methyl sites for hydroxylation is 1. The molecule has 2 aromatic carbocycles. The molecule has 3 N–H and O–H groups in total. The number of benzene rings is 2. The molecule has 0 spiro atoms. The minimum absolute atomic E-state index is 0.0272. The van der Waals surface area contributed by atoms with Gasteiger partial charge in [-0.3, -0.25) is 9.48 Å². The van der Waals surface area contributed by atoms with Gasteiger partial charge in [-0.05, 0) is 24.3 Å². The van der Waals surface area contributed by atoms with Crippen LogP contribution in [0.3, 0.4) is 0 Å². The number of H-pyrrole nitrogens is 1. The molecule has 0 bridgehead atoms. The van der Waals surface area contributed by atoms with E-state index >= 15 is 0 Å². The Morgan fingerprint density at radius 1 is 1.23 bits per heavy atom. The van der Waals surface area contributed by atoms with Crippen molar-refractivity contribution in [1.29, 1.82) is 0 Å². The number of hydrogen-bond donors (Lipinski definition) is 3. The lowest BCUT2D eigenvalue weighted by Crippen LogP contribution is -1.98. The minimum atomic E-state index is -0.461. The molecular formula is C22H17N3O5. The predicted octanol–water partition coefficient (Wildman–Crippen LogP) is 3.60. The van der Waals surface area contributed by atoms with Crippen molar-refractivity contribution < 1.29 is 24.5 Å². The number of carbonyl (C=O) groups is 1. The van der Waals surface area contributed by atoms with Crippen LogP contribution in [0.4, 0.5) is 0 Å². The van der Waals surface area contributed by atoms with Gasteiger partial charge < -0.3 is 24.7 Å². The maximum Gasteiger partial charge on any atom is 0.235 e. The number of aromatic nitrogens is 3. The number of allylic oxidation sites excluding steroid dienone is 1. The molecule has 0 fully saturated rings. The fourth-order valence-electron chi connectivity index (χ4n) is 3.66. The Balaban J connectivity index is 1.72. The highest BCUT2D eigenvalue weighted by Gasteiger charge is 2.32. The number of methoxy groups -OCH3 is 1. The number of phenols is 2. The van der Waals surface area contributed by atoms with Gasteiger partial charge in [-0.1, -0.05) is 0 Å². The van der Waals surface area contributed by atoms with Crippen LogP contribution in [-0.4, -0.2) is 37.9 Å². The Labute approximate surface area is 170 Å². The summed E-state index contributed by atoms with van der Waals surface area (Å²) in [6, 6.07) is 8.02. The van der Waals surface area contributed by atoms with Crippen molar-refractivity contribution in [2.45, 2.75) is 0 Å². The summed E-state index contributed by atoms with van der Waals surface area (Å²) in [6.07, 6.45) is 5.21. The highest BCUT2D eigenvalue weighted by Crippen LogP contribution is 2.42. The zero-order valence-electron chi connectivity index (χ0n) is 16.1. The van der Waals surface area contributed by atoms with Crippen LogP contribution in [0.5, 0.6) is 23.0 Å². The lowest BCUT2D eigenvalue weighted by Gasteiger charge is -2.02. The molecule has 1 aliphatic heterocycles. The average molecular weight is 403 g/mol. The number of carbonyl (C=O) groups excluding carboxylic acids is 1. The first-order chi connectivity index (χ1) is 14.4. The molecule has 8 heteroatoms. The Morgan fingerprint density at radius 3 is 2.80 bits per heavy atom. The summed E-state index contributed by atoms with van der Waals surface area (Å²) in [5, 5.41) is 24.8. The van der Waals surface area contributed by atoms with Crippen molar-refractivity contribution in [3.63, 3.8) is 0 Å². The third-order valence-corrected chi connectivity index (χ3v) is 5.05. The molecule has 3 heterocycles. The summed E-state index contributed by atoms with van der Waals surface area (Å²) < 4.78 is 12.7. The predicted molar refractivity (Wildman–Crippen MR) is 110 cm³/mol. The van der Waals surface area contributed by atoms with Gasteiger partial charge in [0.25, 0.3) is 0 Å². The van der Waals surface area contributed by atoms with Crippen LogP contribution in [0.25, 0.3) is 28.2 Å². The van der Waals surface area contributed by atoms with Gasteiger partial charge in [0.05, 0.1) is 19.0 Å². The number of ketones is 1. The summed E-state index contributed by atoms with van der Waals surface area (Å²) in [5.41, 5.74) is 3.20. The number of Topliss-reactive ketones (excluding diaryl/α,β-unsaturated/α-hetero) is 1. The molecule has 30 heavy (non-hydrogen) atoms.